The average Bonchev–Trinajstić information content (AvgIpc) is 3.60. The number of aromatic carboxylic acids is 1. The predicted molar refractivity (Wildman–Crippen MR) is 174 cm³/mol. The monoisotopic (exact) mass is 672 g/mol. The summed E-state index contributed by atoms with van der Waals surface area (Å²) in [6, 6.07) is 22.8. The number of rotatable bonds is 6. The second-order valence-corrected chi connectivity index (χ2v) is 12.2. The third-order valence-electron chi connectivity index (χ3n) is 6.24. The fourth-order valence-corrected chi connectivity index (χ4v) is 5.17. The minimum absolute atomic E-state index is 0.0510. The molecule has 0 spiro atoms. The van der Waals surface area contributed by atoms with Crippen molar-refractivity contribution in [3.8, 4) is 22.6 Å². The third kappa shape index (κ3) is 7.63. The van der Waals surface area contributed by atoms with Crippen LogP contribution in [-0.2, 0) is 10.2 Å². The van der Waals surface area contributed by atoms with Gasteiger partial charge in [-0.1, -0.05) is 97.5 Å². The van der Waals surface area contributed by atoms with E-state index in [1.807, 2.05) is 51.1 Å². The maximum absolute atomic E-state index is 12.0. The summed E-state index contributed by atoms with van der Waals surface area (Å²) in [7, 11) is 0. The molecule has 0 fully saturated rings. The van der Waals surface area contributed by atoms with Gasteiger partial charge in [0.1, 0.15) is 0 Å². The van der Waals surface area contributed by atoms with Crippen molar-refractivity contribution in [3.05, 3.63) is 116 Å². The molecule has 0 radical (unpaired) electrons. The molecule has 0 unspecified atom stereocenters. The molecule has 2 aromatic heterocycles. The lowest BCUT2D eigenvalue weighted by atomic mass is 9.91. The largest absolute Gasteiger partial charge is 0.476 e. The number of benzene rings is 3. The number of esters is 1. The number of hydrogen-bond acceptors (Lipinski definition) is 5. The van der Waals surface area contributed by atoms with Crippen LogP contribution >= 0.6 is 46.4 Å². The number of carboxylic acid groups (broad SMARTS) is 1. The number of hydrogen-bond donors (Lipinski definition) is 1. The summed E-state index contributed by atoms with van der Waals surface area (Å²) >= 11 is 24.3. The highest BCUT2D eigenvalue weighted by Crippen LogP contribution is 2.31. The molecule has 0 aliphatic carbocycles. The number of halogens is 4. The summed E-state index contributed by atoms with van der Waals surface area (Å²) in [6.45, 7) is 8.19. The number of nitrogens with zero attached hydrogens (tertiary/aromatic N) is 4. The first kappa shape index (κ1) is 33.1. The zero-order valence-corrected chi connectivity index (χ0v) is 27.2. The van der Waals surface area contributed by atoms with Gasteiger partial charge in [0.2, 0.25) is 0 Å². The molecule has 5 aromatic rings. The molecule has 12 heteroatoms. The van der Waals surface area contributed by atoms with Crippen LogP contribution in [0, 0.1) is 0 Å². The Bertz CT molecular complexity index is 1810. The summed E-state index contributed by atoms with van der Waals surface area (Å²) in [6.07, 6.45) is 0. The molecule has 0 amide bonds. The van der Waals surface area contributed by atoms with E-state index >= 15 is 0 Å². The van der Waals surface area contributed by atoms with Crippen LogP contribution < -0.4 is 0 Å². The maximum atomic E-state index is 12.0. The first-order valence-electron chi connectivity index (χ1n) is 13.4. The van der Waals surface area contributed by atoms with Crippen molar-refractivity contribution in [2.45, 2.75) is 33.1 Å². The Kier molecular flexibility index (Phi) is 10.4. The molecular weight excluding hydrogens is 646 g/mol. The van der Waals surface area contributed by atoms with Crippen molar-refractivity contribution < 1.29 is 19.4 Å². The highest BCUT2D eigenvalue weighted by Gasteiger charge is 2.25. The van der Waals surface area contributed by atoms with Gasteiger partial charge in [0, 0.05) is 21.0 Å². The lowest BCUT2D eigenvalue weighted by Gasteiger charge is -2.20. The van der Waals surface area contributed by atoms with Crippen LogP contribution in [0.4, 0.5) is 0 Å². The molecule has 228 valence electrons. The molecule has 1 N–H and O–H groups in total. The highest BCUT2D eigenvalue weighted by molar-refractivity contribution is 6.36. The fraction of sp³-hybridized carbons (Fsp3) is 0.188. The predicted octanol–water partition coefficient (Wildman–Crippen LogP) is 9.20. The first-order chi connectivity index (χ1) is 20.8. The second kappa shape index (κ2) is 13.9. The molecule has 44 heavy (non-hydrogen) atoms. The lowest BCUT2D eigenvalue weighted by molar-refractivity contribution is 0.0518. The van der Waals surface area contributed by atoms with Crippen LogP contribution in [0.1, 0.15) is 54.4 Å². The average molecular weight is 674 g/mol. The van der Waals surface area contributed by atoms with E-state index in [9.17, 15) is 14.7 Å². The molecular formula is C32H28Cl4N4O4. The van der Waals surface area contributed by atoms with Crippen molar-refractivity contribution in [2.24, 2.45) is 0 Å². The van der Waals surface area contributed by atoms with E-state index < -0.39 is 11.9 Å². The van der Waals surface area contributed by atoms with E-state index in [0.29, 0.717) is 43.8 Å². The summed E-state index contributed by atoms with van der Waals surface area (Å²) < 4.78 is 8.21. The molecule has 0 aliphatic rings. The van der Waals surface area contributed by atoms with Gasteiger partial charge < -0.3 is 9.84 Å². The minimum Gasteiger partial charge on any atom is -0.476 e. The second-order valence-electron chi connectivity index (χ2n) is 10.5. The van der Waals surface area contributed by atoms with Gasteiger partial charge in [-0.25, -0.2) is 19.0 Å². The van der Waals surface area contributed by atoms with Gasteiger partial charge in [-0.15, -0.1) is 0 Å². The van der Waals surface area contributed by atoms with Gasteiger partial charge in [-0.2, -0.15) is 10.2 Å². The van der Waals surface area contributed by atoms with Gasteiger partial charge in [0.25, 0.3) is 0 Å². The van der Waals surface area contributed by atoms with Gasteiger partial charge in [-0.3, -0.25) is 0 Å². The molecule has 0 aliphatic heterocycles. The Morgan fingerprint density at radius 2 is 1.32 bits per heavy atom. The van der Waals surface area contributed by atoms with E-state index in [4.69, 9.17) is 51.1 Å². The molecule has 0 bridgehead atoms. The number of carbonyl (C=O) groups excluding carboxylic acids is 1. The Morgan fingerprint density at radius 3 is 1.82 bits per heavy atom. The van der Waals surface area contributed by atoms with Crippen molar-refractivity contribution in [2.75, 3.05) is 6.61 Å². The quantitative estimate of drug-likeness (QED) is 0.180. The van der Waals surface area contributed by atoms with Crippen molar-refractivity contribution in [1.82, 2.24) is 19.6 Å². The van der Waals surface area contributed by atoms with Gasteiger partial charge in [-0.05, 0) is 55.5 Å². The van der Waals surface area contributed by atoms with Crippen molar-refractivity contribution >= 4 is 58.3 Å². The molecule has 5 rings (SSSR count). The van der Waals surface area contributed by atoms with Crippen LogP contribution in [0.25, 0.3) is 22.6 Å². The SMILES string of the molecule is CCOC(=O)c1cc(C(C)(C)C)n(-c2ccc(Cl)cc2Cl)n1.O=C(O)c1cc(-c2ccccc2)n(-c2ccc(Cl)cc2Cl)n1. The molecule has 0 saturated heterocycles. The van der Waals surface area contributed by atoms with Gasteiger partial charge >= 0.3 is 11.9 Å². The topological polar surface area (TPSA) is 99.2 Å². The van der Waals surface area contributed by atoms with Crippen molar-refractivity contribution in [1.29, 1.82) is 0 Å². The standard InChI is InChI=1S/C16H10Cl2N2O2.C16H18Cl2N2O2/c17-11-6-7-14(12(18)8-11)20-15(9-13(19-20)16(21)22)10-4-2-1-3-5-10;1-5-22-15(21)12-9-14(16(2,3)4)20(19-12)13-7-6-10(17)8-11(13)18/h1-9H,(H,21,22);6-9H,5H2,1-4H3. The summed E-state index contributed by atoms with van der Waals surface area (Å²) in [5.74, 6) is -1.54. The van der Waals surface area contributed by atoms with Crippen LogP contribution in [0.2, 0.25) is 20.1 Å². The summed E-state index contributed by atoms with van der Waals surface area (Å²) in [5, 5.41) is 19.6. The lowest BCUT2D eigenvalue weighted by Crippen LogP contribution is -2.17. The van der Waals surface area contributed by atoms with E-state index in [0.717, 1.165) is 11.3 Å². The molecule has 0 atom stereocenters. The maximum Gasteiger partial charge on any atom is 0.358 e. The Balaban J connectivity index is 0.000000201. The van der Waals surface area contributed by atoms with E-state index in [1.165, 1.54) is 10.7 Å². The minimum atomic E-state index is -1.10. The smallest absolute Gasteiger partial charge is 0.358 e. The third-order valence-corrected chi connectivity index (χ3v) is 7.31. The van der Waals surface area contributed by atoms with E-state index in [1.54, 1.807) is 54.1 Å². The Morgan fingerprint density at radius 1 is 0.773 bits per heavy atom. The molecule has 2 heterocycles. The van der Waals surface area contributed by atoms with E-state index in [2.05, 4.69) is 10.2 Å². The molecule has 0 saturated carbocycles. The summed E-state index contributed by atoms with van der Waals surface area (Å²) in [5.41, 5.74) is 3.57. The number of carboxylic acids is 1. The zero-order valence-electron chi connectivity index (χ0n) is 24.2. The van der Waals surface area contributed by atoms with Crippen LogP contribution in [0.3, 0.4) is 0 Å². The van der Waals surface area contributed by atoms with Crippen LogP contribution in [0.15, 0.2) is 78.9 Å². The fourth-order valence-electron chi connectivity index (χ4n) is 4.19. The number of aromatic nitrogens is 4. The molecule has 3 aromatic carbocycles. The highest BCUT2D eigenvalue weighted by atomic mass is 35.5. The van der Waals surface area contributed by atoms with Crippen molar-refractivity contribution in [3.63, 3.8) is 0 Å². The number of ether oxygens (including phenoxy) is 1. The van der Waals surface area contributed by atoms with Gasteiger partial charge in [0.05, 0.1) is 39.4 Å². The molecule has 8 nitrogen and oxygen atoms in total. The Hall–Kier alpha value is -3.82. The van der Waals surface area contributed by atoms with E-state index in [-0.39, 0.29) is 16.8 Å². The Labute approximate surface area is 274 Å². The summed E-state index contributed by atoms with van der Waals surface area (Å²) in [4.78, 5) is 23.2. The van der Waals surface area contributed by atoms with Crippen LogP contribution in [0.5, 0.6) is 0 Å². The zero-order chi connectivity index (χ0) is 32.2. The van der Waals surface area contributed by atoms with Gasteiger partial charge in [0.15, 0.2) is 11.4 Å². The normalized spacial score (nSPS) is 11.1. The number of carbonyl (C=O) groups is 2. The van der Waals surface area contributed by atoms with Crippen LogP contribution in [-0.4, -0.2) is 43.2 Å². The first-order valence-corrected chi connectivity index (χ1v) is 14.9.